The van der Waals surface area contributed by atoms with E-state index in [0.717, 1.165) is 11.1 Å². The molecule has 0 bridgehead atoms. The Morgan fingerprint density at radius 2 is 2.36 bits per heavy atom. The van der Waals surface area contributed by atoms with Gasteiger partial charge in [-0.05, 0) is 6.54 Å². The van der Waals surface area contributed by atoms with E-state index in [4.69, 9.17) is 0 Å². The summed E-state index contributed by atoms with van der Waals surface area (Å²) >= 11 is 0. The molecule has 2 rings (SSSR count). The molecule has 1 aliphatic rings. The standard InChI is InChI=1S/C8H6NO.Y/c10-8-7-4-2-1-3-6(7)5-9-8;/h2-4H,5H2,(H,9,10);/q-1;. The van der Waals surface area contributed by atoms with Gasteiger partial charge in [0, 0.05) is 32.7 Å². The van der Waals surface area contributed by atoms with Gasteiger partial charge in [0.1, 0.15) is 0 Å². The van der Waals surface area contributed by atoms with Gasteiger partial charge in [0.15, 0.2) is 0 Å². The maximum absolute atomic E-state index is 10.9. The van der Waals surface area contributed by atoms with Gasteiger partial charge < -0.3 is 5.32 Å². The number of rotatable bonds is 0. The molecule has 0 aromatic heterocycles. The molecule has 1 aromatic rings. The number of benzene rings is 1. The van der Waals surface area contributed by atoms with Crippen molar-refractivity contribution < 1.29 is 37.5 Å². The van der Waals surface area contributed by atoms with Crippen molar-refractivity contribution in [1.82, 2.24) is 5.32 Å². The van der Waals surface area contributed by atoms with Crippen LogP contribution in [0.2, 0.25) is 0 Å². The molecule has 0 spiro atoms. The van der Waals surface area contributed by atoms with E-state index in [1.54, 1.807) is 12.1 Å². The number of amides is 1. The van der Waals surface area contributed by atoms with Crippen LogP contribution in [0, 0.1) is 6.07 Å². The Morgan fingerprint density at radius 1 is 1.55 bits per heavy atom. The summed E-state index contributed by atoms with van der Waals surface area (Å²) in [6.07, 6.45) is 0. The fourth-order valence-corrected chi connectivity index (χ4v) is 1.10. The van der Waals surface area contributed by atoms with Crippen molar-refractivity contribution in [2.45, 2.75) is 6.54 Å². The third-order valence-electron chi connectivity index (χ3n) is 1.63. The third-order valence-corrected chi connectivity index (χ3v) is 1.63. The van der Waals surface area contributed by atoms with Crippen LogP contribution >= 0.6 is 0 Å². The molecule has 1 heterocycles. The van der Waals surface area contributed by atoms with Gasteiger partial charge in [0.05, 0.1) is 0 Å². The van der Waals surface area contributed by atoms with Gasteiger partial charge in [-0.25, -0.2) is 0 Å². The second kappa shape index (κ2) is 3.46. The first kappa shape index (κ1) is 8.89. The van der Waals surface area contributed by atoms with Crippen LogP contribution in [-0.4, -0.2) is 5.91 Å². The molecule has 0 fully saturated rings. The quantitative estimate of drug-likeness (QED) is 0.643. The predicted octanol–water partition coefficient (Wildman–Crippen LogP) is 0.728. The van der Waals surface area contributed by atoms with Gasteiger partial charge in [0.2, 0.25) is 5.91 Å². The van der Waals surface area contributed by atoms with Crippen LogP contribution in [-0.2, 0) is 39.3 Å². The van der Waals surface area contributed by atoms with Crippen molar-refractivity contribution in [3.8, 4) is 0 Å². The molecular weight excluding hydrogens is 215 g/mol. The number of nitrogens with one attached hydrogen (secondary N) is 1. The zero-order valence-electron chi connectivity index (χ0n) is 5.92. The Bertz CT molecular complexity index is 285. The SMILES string of the molecule is O=C1NCc2c[c-]ccc21.[Y]. The summed E-state index contributed by atoms with van der Waals surface area (Å²) in [5.74, 6) is 0.0315. The normalized spacial score (nSPS) is 13.3. The Labute approximate surface area is 90.3 Å². The minimum Gasteiger partial charge on any atom is -0.361 e. The third kappa shape index (κ3) is 1.52. The first-order valence-electron chi connectivity index (χ1n) is 3.15. The maximum atomic E-state index is 10.9. The molecule has 0 aliphatic carbocycles. The predicted molar refractivity (Wildman–Crippen MR) is 36.4 cm³/mol. The van der Waals surface area contributed by atoms with E-state index in [1.165, 1.54) is 0 Å². The van der Waals surface area contributed by atoms with Crippen LogP contribution in [0.3, 0.4) is 0 Å². The van der Waals surface area contributed by atoms with Gasteiger partial charge in [-0.3, -0.25) is 4.79 Å². The van der Waals surface area contributed by atoms with E-state index in [1.807, 2.05) is 6.07 Å². The fourth-order valence-electron chi connectivity index (χ4n) is 1.10. The van der Waals surface area contributed by atoms with E-state index in [0.29, 0.717) is 6.54 Å². The average molecular weight is 221 g/mol. The minimum atomic E-state index is 0. The Morgan fingerprint density at radius 3 is 3.09 bits per heavy atom. The molecule has 3 heteroatoms. The minimum absolute atomic E-state index is 0. The molecule has 0 saturated heterocycles. The fraction of sp³-hybridized carbons (Fsp3) is 0.125. The van der Waals surface area contributed by atoms with Crippen molar-refractivity contribution >= 4 is 5.91 Å². The van der Waals surface area contributed by atoms with E-state index in [9.17, 15) is 4.79 Å². The number of fused-ring (bicyclic) bond motifs is 1. The number of hydrogen-bond acceptors (Lipinski definition) is 1. The molecule has 1 radical (unpaired) electrons. The molecule has 53 valence electrons. The Kier molecular flexibility index (Phi) is 2.80. The first-order chi connectivity index (χ1) is 4.88. The summed E-state index contributed by atoms with van der Waals surface area (Å²) < 4.78 is 0. The average Bonchev–Trinajstić information content (AvgIpc) is 2.34. The van der Waals surface area contributed by atoms with Crippen molar-refractivity contribution in [2.24, 2.45) is 0 Å². The van der Waals surface area contributed by atoms with Crippen molar-refractivity contribution in [3.05, 3.63) is 35.4 Å². The summed E-state index contributed by atoms with van der Waals surface area (Å²) in [6.45, 7) is 0.658. The van der Waals surface area contributed by atoms with Gasteiger partial charge in [-0.1, -0.05) is 5.56 Å². The number of carbonyl (C=O) groups is 1. The van der Waals surface area contributed by atoms with Crippen LogP contribution in [0.4, 0.5) is 0 Å². The number of hydrogen-bond donors (Lipinski definition) is 1. The molecule has 0 atom stereocenters. The molecule has 1 amide bonds. The van der Waals surface area contributed by atoms with Gasteiger partial charge in [-0.2, -0.15) is 24.3 Å². The van der Waals surface area contributed by atoms with E-state index >= 15 is 0 Å². The molecule has 1 aliphatic heterocycles. The van der Waals surface area contributed by atoms with Crippen LogP contribution < -0.4 is 5.32 Å². The van der Waals surface area contributed by atoms with Crippen LogP contribution in [0.1, 0.15) is 15.9 Å². The molecule has 0 saturated carbocycles. The first-order valence-corrected chi connectivity index (χ1v) is 3.15. The van der Waals surface area contributed by atoms with E-state index < -0.39 is 0 Å². The molecule has 11 heavy (non-hydrogen) atoms. The molecule has 0 unspecified atom stereocenters. The zero-order chi connectivity index (χ0) is 6.97. The molecule has 1 aromatic carbocycles. The second-order valence-corrected chi connectivity index (χ2v) is 2.27. The van der Waals surface area contributed by atoms with Crippen LogP contribution in [0.5, 0.6) is 0 Å². The molecule has 2 nitrogen and oxygen atoms in total. The summed E-state index contributed by atoms with van der Waals surface area (Å²) in [7, 11) is 0. The van der Waals surface area contributed by atoms with Crippen LogP contribution in [0.15, 0.2) is 18.2 Å². The largest absolute Gasteiger partial charge is 0.361 e. The van der Waals surface area contributed by atoms with E-state index in [-0.39, 0.29) is 38.6 Å². The molecule has 1 N–H and O–H groups in total. The summed E-state index contributed by atoms with van der Waals surface area (Å²) in [6, 6.07) is 8.30. The monoisotopic (exact) mass is 221 g/mol. The molecular formula is C8H6NOY-. The maximum Gasteiger partial charge on any atom is 0.226 e. The van der Waals surface area contributed by atoms with Crippen molar-refractivity contribution in [3.63, 3.8) is 0 Å². The summed E-state index contributed by atoms with van der Waals surface area (Å²) in [4.78, 5) is 10.9. The van der Waals surface area contributed by atoms with Gasteiger partial charge in [0.25, 0.3) is 0 Å². The van der Waals surface area contributed by atoms with E-state index in [2.05, 4.69) is 11.4 Å². The van der Waals surface area contributed by atoms with Crippen molar-refractivity contribution in [2.75, 3.05) is 0 Å². The van der Waals surface area contributed by atoms with Crippen molar-refractivity contribution in [1.29, 1.82) is 0 Å². The van der Waals surface area contributed by atoms with Gasteiger partial charge >= 0.3 is 0 Å². The smallest absolute Gasteiger partial charge is 0.226 e. The van der Waals surface area contributed by atoms with Crippen LogP contribution in [0.25, 0.3) is 0 Å². The topological polar surface area (TPSA) is 29.1 Å². The second-order valence-electron chi connectivity index (χ2n) is 2.27. The zero-order valence-corrected chi connectivity index (χ0v) is 8.76. The summed E-state index contributed by atoms with van der Waals surface area (Å²) in [5, 5.41) is 2.73. The number of carbonyl (C=O) groups excluding carboxylic acids is 1. The summed E-state index contributed by atoms with van der Waals surface area (Å²) in [5.41, 5.74) is 1.84. The Balaban J connectivity index is 0.000000605. The Hall–Kier alpha value is -0.206. The van der Waals surface area contributed by atoms with Gasteiger partial charge in [-0.15, -0.1) is 5.56 Å².